The van der Waals surface area contributed by atoms with Gasteiger partial charge >= 0.3 is 6.03 Å². The minimum Gasteiger partial charge on any atom is -0.292 e. The normalized spacial score (nSPS) is 10.4. The Morgan fingerprint density at radius 3 is 2.73 bits per heavy atom. The van der Waals surface area contributed by atoms with Gasteiger partial charge in [0.15, 0.2) is 5.82 Å². The summed E-state index contributed by atoms with van der Waals surface area (Å²) in [7, 11) is 0. The number of aromatic amines is 1. The lowest BCUT2D eigenvalue weighted by molar-refractivity contribution is 0.262. The number of amides is 2. The van der Waals surface area contributed by atoms with Gasteiger partial charge in [0.05, 0.1) is 23.0 Å². The summed E-state index contributed by atoms with van der Waals surface area (Å²) in [5.74, 6) is 1.14. The van der Waals surface area contributed by atoms with E-state index in [9.17, 15) is 4.79 Å². The van der Waals surface area contributed by atoms with Crippen molar-refractivity contribution in [2.45, 2.75) is 4.90 Å². The number of hydrogen-bond acceptors (Lipinski definition) is 4. The molecule has 2 amide bonds. The number of nitrogens with one attached hydrogen (secondary N) is 3. The second kappa shape index (κ2) is 6.35. The van der Waals surface area contributed by atoms with Crippen LogP contribution in [0.15, 0.2) is 53.7 Å². The monoisotopic (exact) mass is 314 g/mol. The van der Waals surface area contributed by atoms with Gasteiger partial charge < -0.3 is 0 Å². The molecule has 0 aliphatic heterocycles. The van der Waals surface area contributed by atoms with E-state index in [0.29, 0.717) is 11.6 Å². The summed E-state index contributed by atoms with van der Waals surface area (Å²) in [6, 6.07) is 10.9. The molecule has 0 bridgehead atoms. The third kappa shape index (κ3) is 2.96. The first-order valence-corrected chi connectivity index (χ1v) is 7.75. The molecule has 3 aromatic rings. The van der Waals surface area contributed by atoms with E-state index in [2.05, 4.69) is 25.9 Å². The Morgan fingerprint density at radius 2 is 2.05 bits per heavy atom. The van der Waals surface area contributed by atoms with E-state index in [-0.39, 0.29) is 6.03 Å². The lowest BCUT2D eigenvalue weighted by atomic mass is 10.3. The number of urea groups is 1. The predicted octanol–water partition coefficient (Wildman–Crippen LogP) is 2.96. The SMILES string of the molecule is CSc1cnn(-c2ccccc2)c1NC(=O)Nc1ccn[nH]1. The third-order valence-electron chi connectivity index (χ3n) is 2.94. The Hall–Kier alpha value is -2.74. The summed E-state index contributed by atoms with van der Waals surface area (Å²) >= 11 is 1.51. The number of hydrogen-bond donors (Lipinski definition) is 3. The maximum atomic E-state index is 12.1. The van der Waals surface area contributed by atoms with Crippen LogP contribution in [0.3, 0.4) is 0 Å². The van der Waals surface area contributed by atoms with E-state index in [1.54, 1.807) is 23.1 Å². The van der Waals surface area contributed by atoms with Crippen LogP contribution in [0.5, 0.6) is 0 Å². The molecule has 7 nitrogen and oxygen atoms in total. The predicted molar refractivity (Wildman–Crippen MR) is 86.6 cm³/mol. The molecule has 0 saturated carbocycles. The van der Waals surface area contributed by atoms with Gasteiger partial charge in [0.2, 0.25) is 0 Å². The maximum absolute atomic E-state index is 12.1. The van der Waals surface area contributed by atoms with E-state index >= 15 is 0 Å². The zero-order valence-electron chi connectivity index (χ0n) is 11.8. The standard InChI is InChI=1S/C14H14N6OS/c1-22-11-9-16-20(10-5-3-2-4-6-10)13(11)18-14(21)17-12-7-8-15-19-12/h2-9H,1H3,(H3,15,17,18,19,21). The lowest BCUT2D eigenvalue weighted by Crippen LogP contribution is -2.22. The Bertz CT molecular complexity index is 753. The number of nitrogens with zero attached hydrogens (tertiary/aromatic N) is 3. The second-order valence-corrected chi connectivity index (χ2v) is 5.21. The number of rotatable bonds is 4. The zero-order chi connectivity index (χ0) is 15.4. The molecule has 2 aromatic heterocycles. The highest BCUT2D eigenvalue weighted by atomic mass is 32.2. The van der Waals surface area contributed by atoms with Crippen LogP contribution in [0.4, 0.5) is 16.4 Å². The Labute approximate surface area is 131 Å². The van der Waals surface area contributed by atoms with Crippen molar-refractivity contribution < 1.29 is 4.79 Å². The van der Waals surface area contributed by atoms with E-state index < -0.39 is 0 Å². The molecular weight excluding hydrogens is 300 g/mol. The Kier molecular flexibility index (Phi) is 4.10. The van der Waals surface area contributed by atoms with Crippen LogP contribution >= 0.6 is 11.8 Å². The fourth-order valence-electron chi connectivity index (χ4n) is 1.95. The van der Waals surface area contributed by atoms with Crippen LogP contribution in [-0.2, 0) is 0 Å². The van der Waals surface area contributed by atoms with Crippen molar-refractivity contribution in [3.63, 3.8) is 0 Å². The first kappa shape index (κ1) is 14.2. The van der Waals surface area contributed by atoms with Crippen molar-refractivity contribution in [3.05, 3.63) is 48.8 Å². The minimum atomic E-state index is -0.364. The van der Waals surface area contributed by atoms with Gasteiger partial charge in [-0.1, -0.05) is 18.2 Å². The number of anilines is 2. The summed E-state index contributed by atoms with van der Waals surface area (Å²) in [6.45, 7) is 0. The van der Waals surface area contributed by atoms with Crippen molar-refractivity contribution in [1.82, 2.24) is 20.0 Å². The quantitative estimate of drug-likeness (QED) is 0.646. The first-order chi connectivity index (χ1) is 10.8. The molecule has 0 saturated heterocycles. The average molecular weight is 314 g/mol. The molecule has 22 heavy (non-hydrogen) atoms. The van der Waals surface area contributed by atoms with Gasteiger partial charge in [0.1, 0.15) is 5.82 Å². The number of H-pyrrole nitrogens is 1. The molecule has 0 fully saturated rings. The number of para-hydroxylation sites is 1. The smallest absolute Gasteiger partial charge is 0.292 e. The van der Waals surface area contributed by atoms with Gasteiger partial charge in [-0.15, -0.1) is 11.8 Å². The van der Waals surface area contributed by atoms with Gasteiger partial charge in [-0.05, 0) is 18.4 Å². The largest absolute Gasteiger partial charge is 0.326 e. The van der Waals surface area contributed by atoms with Gasteiger partial charge in [-0.2, -0.15) is 10.2 Å². The Balaban J connectivity index is 1.86. The topological polar surface area (TPSA) is 87.6 Å². The highest BCUT2D eigenvalue weighted by molar-refractivity contribution is 7.98. The minimum absolute atomic E-state index is 0.364. The van der Waals surface area contributed by atoms with Crippen LogP contribution < -0.4 is 10.6 Å². The maximum Gasteiger partial charge on any atom is 0.326 e. The number of aromatic nitrogens is 4. The number of benzene rings is 1. The molecule has 1 aromatic carbocycles. The summed E-state index contributed by atoms with van der Waals surface area (Å²) in [4.78, 5) is 13.0. The first-order valence-electron chi connectivity index (χ1n) is 6.53. The number of carbonyl (C=O) groups is 1. The highest BCUT2D eigenvalue weighted by Crippen LogP contribution is 2.27. The van der Waals surface area contributed by atoms with Gasteiger partial charge in [-0.3, -0.25) is 15.7 Å². The van der Waals surface area contributed by atoms with Crippen molar-refractivity contribution in [1.29, 1.82) is 0 Å². The molecule has 0 spiro atoms. The summed E-state index contributed by atoms with van der Waals surface area (Å²) in [6.07, 6.45) is 5.23. The van der Waals surface area contributed by atoms with Crippen molar-refractivity contribution in [2.24, 2.45) is 0 Å². The van der Waals surface area contributed by atoms with E-state index in [1.165, 1.54) is 11.8 Å². The van der Waals surface area contributed by atoms with Crippen LogP contribution in [0.1, 0.15) is 0 Å². The van der Waals surface area contributed by atoms with E-state index in [4.69, 9.17) is 0 Å². The van der Waals surface area contributed by atoms with Crippen LogP contribution in [0.25, 0.3) is 5.69 Å². The average Bonchev–Trinajstić information content (AvgIpc) is 3.17. The van der Waals surface area contributed by atoms with Gasteiger partial charge in [-0.25, -0.2) is 9.48 Å². The number of thioether (sulfide) groups is 1. The highest BCUT2D eigenvalue weighted by Gasteiger charge is 2.14. The second-order valence-electron chi connectivity index (χ2n) is 4.36. The summed E-state index contributed by atoms with van der Waals surface area (Å²) in [5, 5.41) is 16.3. The third-order valence-corrected chi connectivity index (χ3v) is 3.68. The summed E-state index contributed by atoms with van der Waals surface area (Å²) in [5.41, 5.74) is 0.875. The summed E-state index contributed by atoms with van der Waals surface area (Å²) < 4.78 is 1.69. The number of carbonyl (C=O) groups excluding carboxylic acids is 1. The van der Waals surface area contributed by atoms with E-state index in [0.717, 1.165) is 10.6 Å². The van der Waals surface area contributed by atoms with Gasteiger partial charge in [0, 0.05) is 6.07 Å². The molecule has 8 heteroatoms. The fraction of sp³-hybridized carbons (Fsp3) is 0.0714. The van der Waals surface area contributed by atoms with Crippen molar-refractivity contribution >= 4 is 29.4 Å². The van der Waals surface area contributed by atoms with Crippen LogP contribution in [0.2, 0.25) is 0 Å². The zero-order valence-corrected chi connectivity index (χ0v) is 12.6. The molecule has 0 unspecified atom stereocenters. The molecule has 3 N–H and O–H groups in total. The molecule has 0 atom stereocenters. The lowest BCUT2D eigenvalue weighted by Gasteiger charge is -2.10. The van der Waals surface area contributed by atoms with Crippen LogP contribution in [-0.4, -0.2) is 32.3 Å². The fourth-order valence-corrected chi connectivity index (χ4v) is 2.43. The van der Waals surface area contributed by atoms with Gasteiger partial charge in [0.25, 0.3) is 0 Å². The molecule has 0 radical (unpaired) electrons. The molecule has 3 rings (SSSR count). The molecule has 0 aliphatic rings. The molecule has 0 aliphatic carbocycles. The van der Waals surface area contributed by atoms with E-state index in [1.807, 2.05) is 36.6 Å². The van der Waals surface area contributed by atoms with Crippen molar-refractivity contribution in [2.75, 3.05) is 16.9 Å². The molecule has 2 heterocycles. The molecule has 112 valence electrons. The van der Waals surface area contributed by atoms with Crippen LogP contribution in [0, 0.1) is 0 Å². The van der Waals surface area contributed by atoms with Crippen molar-refractivity contribution in [3.8, 4) is 5.69 Å². The Morgan fingerprint density at radius 1 is 1.23 bits per heavy atom. The molecular formula is C14H14N6OS.